The van der Waals surface area contributed by atoms with Gasteiger partial charge in [-0.3, -0.25) is 9.78 Å². The summed E-state index contributed by atoms with van der Waals surface area (Å²) in [6.07, 6.45) is 5.37. The van der Waals surface area contributed by atoms with E-state index in [9.17, 15) is 9.90 Å². The van der Waals surface area contributed by atoms with Crippen molar-refractivity contribution in [1.82, 2.24) is 9.88 Å². The topological polar surface area (TPSA) is 53.4 Å². The third-order valence-electron chi connectivity index (χ3n) is 6.01. The second kappa shape index (κ2) is 6.26. The molecule has 2 fully saturated rings. The highest BCUT2D eigenvalue weighted by Gasteiger charge is 2.57. The molecule has 4 heteroatoms. The van der Waals surface area contributed by atoms with Crippen LogP contribution in [0.25, 0.3) is 0 Å². The monoisotopic (exact) mass is 336 g/mol. The molecule has 0 radical (unpaired) electrons. The van der Waals surface area contributed by atoms with Crippen molar-refractivity contribution in [1.29, 1.82) is 0 Å². The molecule has 0 aliphatic carbocycles. The summed E-state index contributed by atoms with van der Waals surface area (Å²) in [4.78, 5) is 19.5. The van der Waals surface area contributed by atoms with Gasteiger partial charge in [-0.15, -0.1) is 0 Å². The standard InChI is InChI=1S/C21H24N2O2/c1-15-6-5-11-22-19(15)20(25)23-17-9-10-18(23)21(13-17,14-24)12-16-7-3-2-4-8-16/h2-8,11,17-18,24H,9-10,12-14H2,1H3/t17-,18+,21-/m0/s1. The van der Waals surface area contributed by atoms with E-state index in [2.05, 4.69) is 17.1 Å². The first-order valence-corrected chi connectivity index (χ1v) is 9.04. The molecular formula is C21H24N2O2. The molecule has 1 aromatic carbocycles. The van der Waals surface area contributed by atoms with Crippen LogP contribution in [0.1, 0.15) is 40.9 Å². The summed E-state index contributed by atoms with van der Waals surface area (Å²) >= 11 is 0. The molecule has 2 bridgehead atoms. The van der Waals surface area contributed by atoms with Gasteiger partial charge < -0.3 is 10.0 Å². The van der Waals surface area contributed by atoms with E-state index in [1.165, 1.54) is 5.56 Å². The van der Waals surface area contributed by atoms with Crippen LogP contribution in [-0.4, -0.2) is 39.6 Å². The number of pyridine rings is 1. The predicted molar refractivity (Wildman–Crippen MR) is 96.2 cm³/mol. The van der Waals surface area contributed by atoms with Crippen molar-refractivity contribution in [2.24, 2.45) is 5.41 Å². The maximum Gasteiger partial charge on any atom is 0.273 e. The normalized spacial score (nSPS) is 27.7. The molecule has 1 N–H and O–H groups in total. The van der Waals surface area contributed by atoms with Gasteiger partial charge in [0.1, 0.15) is 5.69 Å². The summed E-state index contributed by atoms with van der Waals surface area (Å²) in [6.45, 7) is 2.05. The first-order valence-electron chi connectivity index (χ1n) is 9.04. The minimum absolute atomic E-state index is 0.0222. The fourth-order valence-electron chi connectivity index (χ4n) is 4.85. The van der Waals surface area contributed by atoms with Crippen LogP contribution in [-0.2, 0) is 6.42 Å². The van der Waals surface area contributed by atoms with Gasteiger partial charge in [0.25, 0.3) is 5.91 Å². The highest BCUT2D eigenvalue weighted by Crippen LogP contribution is 2.51. The van der Waals surface area contributed by atoms with Crippen molar-refractivity contribution in [3.63, 3.8) is 0 Å². The Morgan fingerprint density at radius 3 is 2.76 bits per heavy atom. The van der Waals surface area contributed by atoms with Crippen LogP contribution in [0.4, 0.5) is 0 Å². The fourth-order valence-corrected chi connectivity index (χ4v) is 4.85. The van der Waals surface area contributed by atoms with Gasteiger partial charge in [-0.1, -0.05) is 36.4 Å². The second-order valence-corrected chi connectivity index (χ2v) is 7.52. The molecule has 4 rings (SSSR count). The Kier molecular flexibility index (Phi) is 4.08. The Labute approximate surface area is 148 Å². The fraction of sp³-hybridized carbons (Fsp3) is 0.429. The Balaban J connectivity index is 1.64. The molecule has 3 heterocycles. The maximum absolute atomic E-state index is 13.2. The SMILES string of the molecule is Cc1cccnc1C(=O)N1[C@H]2CC[C@@H]1[C@@](CO)(Cc1ccccc1)C2. The van der Waals surface area contributed by atoms with Crippen LogP contribution in [0.2, 0.25) is 0 Å². The van der Waals surface area contributed by atoms with Gasteiger partial charge in [-0.05, 0) is 49.8 Å². The summed E-state index contributed by atoms with van der Waals surface area (Å²) in [5.74, 6) is 0.0222. The summed E-state index contributed by atoms with van der Waals surface area (Å²) < 4.78 is 0. The quantitative estimate of drug-likeness (QED) is 0.934. The number of rotatable bonds is 4. The molecule has 130 valence electrons. The average molecular weight is 336 g/mol. The summed E-state index contributed by atoms with van der Waals surface area (Å²) in [5, 5.41) is 10.3. The molecule has 0 spiro atoms. The van der Waals surface area contributed by atoms with Crippen LogP contribution >= 0.6 is 0 Å². The number of aryl methyl sites for hydroxylation is 1. The molecule has 3 atom stereocenters. The molecule has 1 aromatic heterocycles. The zero-order chi connectivity index (χ0) is 17.4. The first-order chi connectivity index (χ1) is 12.1. The number of aromatic nitrogens is 1. The van der Waals surface area contributed by atoms with E-state index in [-0.39, 0.29) is 30.0 Å². The summed E-state index contributed by atoms with van der Waals surface area (Å²) in [5.41, 5.74) is 2.46. The van der Waals surface area contributed by atoms with Crippen molar-refractivity contribution in [3.8, 4) is 0 Å². The average Bonchev–Trinajstić information content (AvgIpc) is 3.18. The lowest BCUT2D eigenvalue weighted by Crippen LogP contribution is -2.44. The van der Waals surface area contributed by atoms with Gasteiger partial charge in [0, 0.05) is 23.7 Å². The number of nitrogens with zero attached hydrogens (tertiary/aromatic N) is 2. The van der Waals surface area contributed by atoms with Crippen LogP contribution in [0.15, 0.2) is 48.7 Å². The number of aliphatic hydroxyl groups excluding tert-OH is 1. The van der Waals surface area contributed by atoms with Gasteiger partial charge in [0.05, 0.1) is 6.61 Å². The predicted octanol–water partition coefficient (Wildman–Crippen LogP) is 2.99. The van der Waals surface area contributed by atoms with Crippen molar-refractivity contribution in [2.75, 3.05) is 6.61 Å². The van der Waals surface area contributed by atoms with E-state index in [1.54, 1.807) is 6.20 Å². The van der Waals surface area contributed by atoms with Gasteiger partial charge >= 0.3 is 0 Å². The van der Waals surface area contributed by atoms with E-state index < -0.39 is 0 Å². The lowest BCUT2D eigenvalue weighted by Gasteiger charge is -2.36. The molecule has 0 unspecified atom stereocenters. The van der Waals surface area contributed by atoms with Gasteiger partial charge in [-0.2, -0.15) is 0 Å². The Morgan fingerprint density at radius 1 is 1.24 bits per heavy atom. The zero-order valence-electron chi connectivity index (χ0n) is 14.6. The van der Waals surface area contributed by atoms with E-state index in [0.29, 0.717) is 5.69 Å². The van der Waals surface area contributed by atoms with Gasteiger partial charge in [-0.25, -0.2) is 0 Å². The second-order valence-electron chi connectivity index (χ2n) is 7.52. The van der Waals surface area contributed by atoms with E-state index in [4.69, 9.17) is 0 Å². The van der Waals surface area contributed by atoms with Crippen molar-refractivity contribution in [2.45, 2.75) is 44.7 Å². The highest BCUT2D eigenvalue weighted by molar-refractivity contribution is 5.94. The highest BCUT2D eigenvalue weighted by atomic mass is 16.3. The number of aliphatic hydroxyl groups is 1. The molecule has 4 nitrogen and oxygen atoms in total. The van der Waals surface area contributed by atoms with Crippen molar-refractivity contribution in [3.05, 3.63) is 65.5 Å². The van der Waals surface area contributed by atoms with Crippen molar-refractivity contribution >= 4 is 5.91 Å². The minimum atomic E-state index is -0.234. The van der Waals surface area contributed by atoms with Gasteiger partial charge in [0.15, 0.2) is 0 Å². The lowest BCUT2D eigenvalue weighted by atomic mass is 9.70. The Bertz CT molecular complexity index is 776. The first kappa shape index (κ1) is 16.3. The number of amides is 1. The number of carbonyl (C=O) groups is 1. The molecule has 25 heavy (non-hydrogen) atoms. The molecule has 1 amide bonds. The summed E-state index contributed by atoms with van der Waals surface area (Å²) in [6, 6.07) is 14.4. The number of carbonyl (C=O) groups excluding carboxylic acids is 1. The van der Waals surface area contributed by atoms with E-state index in [1.807, 2.05) is 42.2 Å². The third kappa shape index (κ3) is 2.65. The van der Waals surface area contributed by atoms with Crippen molar-refractivity contribution < 1.29 is 9.90 Å². The Hall–Kier alpha value is -2.20. The lowest BCUT2D eigenvalue weighted by molar-refractivity contribution is 0.0566. The number of fused-ring (bicyclic) bond motifs is 2. The third-order valence-corrected chi connectivity index (χ3v) is 6.01. The van der Waals surface area contributed by atoms with E-state index >= 15 is 0 Å². The molecule has 2 aromatic rings. The molecule has 2 aliphatic heterocycles. The zero-order valence-corrected chi connectivity index (χ0v) is 14.6. The van der Waals surface area contributed by atoms with Crippen LogP contribution in [0.3, 0.4) is 0 Å². The van der Waals surface area contributed by atoms with E-state index in [0.717, 1.165) is 31.2 Å². The number of benzene rings is 1. The number of hydrogen-bond donors (Lipinski definition) is 1. The summed E-state index contributed by atoms with van der Waals surface area (Å²) in [7, 11) is 0. The Morgan fingerprint density at radius 2 is 2.04 bits per heavy atom. The largest absolute Gasteiger partial charge is 0.396 e. The minimum Gasteiger partial charge on any atom is -0.396 e. The van der Waals surface area contributed by atoms with Crippen LogP contribution in [0, 0.1) is 12.3 Å². The van der Waals surface area contributed by atoms with Crippen LogP contribution < -0.4 is 0 Å². The van der Waals surface area contributed by atoms with Crippen LogP contribution in [0.5, 0.6) is 0 Å². The molecule has 2 aliphatic rings. The number of hydrogen-bond acceptors (Lipinski definition) is 3. The smallest absolute Gasteiger partial charge is 0.273 e. The maximum atomic E-state index is 13.2. The van der Waals surface area contributed by atoms with Gasteiger partial charge in [0.2, 0.25) is 0 Å². The molecule has 2 saturated heterocycles. The molecular weight excluding hydrogens is 312 g/mol. The molecule has 0 saturated carbocycles.